The second kappa shape index (κ2) is 9.06. The molecule has 1 aliphatic carbocycles. The van der Waals surface area contributed by atoms with E-state index in [-0.39, 0.29) is 23.7 Å². The molecule has 0 aromatic rings. The first-order chi connectivity index (χ1) is 11.2. The molecule has 5 nitrogen and oxygen atoms in total. The zero-order chi connectivity index (χ0) is 16.7. The molecule has 0 unspecified atom stereocenters. The molecule has 1 saturated heterocycles. The van der Waals surface area contributed by atoms with E-state index in [1.165, 1.54) is 0 Å². The molecule has 0 spiro atoms. The Labute approximate surface area is 140 Å². The Balaban J connectivity index is 1.93. The van der Waals surface area contributed by atoms with Gasteiger partial charge in [-0.15, -0.1) is 6.58 Å². The van der Waals surface area contributed by atoms with E-state index in [4.69, 9.17) is 0 Å². The highest BCUT2D eigenvalue weighted by Crippen LogP contribution is 2.32. The van der Waals surface area contributed by atoms with Crippen molar-refractivity contribution in [2.45, 2.75) is 39.0 Å². The van der Waals surface area contributed by atoms with Gasteiger partial charge in [-0.3, -0.25) is 14.5 Å². The second-order valence-electron chi connectivity index (χ2n) is 6.70. The smallest absolute Gasteiger partial charge is 0.226 e. The zero-order valence-electron chi connectivity index (χ0n) is 14.4. The van der Waals surface area contributed by atoms with E-state index in [0.29, 0.717) is 6.54 Å². The Morgan fingerprint density at radius 3 is 2.39 bits per heavy atom. The number of nitrogens with zero attached hydrogens (tertiary/aromatic N) is 2. The summed E-state index contributed by atoms with van der Waals surface area (Å²) in [5.41, 5.74) is 0. The van der Waals surface area contributed by atoms with Crippen molar-refractivity contribution in [1.82, 2.24) is 15.1 Å². The summed E-state index contributed by atoms with van der Waals surface area (Å²) < 4.78 is 0. The van der Waals surface area contributed by atoms with Crippen LogP contribution in [0.1, 0.15) is 39.0 Å². The number of nitrogens with one attached hydrogen (secondary N) is 1. The van der Waals surface area contributed by atoms with Crippen molar-refractivity contribution in [3.8, 4) is 0 Å². The lowest BCUT2D eigenvalue weighted by Crippen LogP contribution is -2.52. The number of hydrogen-bond acceptors (Lipinski definition) is 3. The van der Waals surface area contributed by atoms with E-state index < -0.39 is 0 Å². The second-order valence-corrected chi connectivity index (χ2v) is 6.70. The van der Waals surface area contributed by atoms with Gasteiger partial charge in [-0.25, -0.2) is 0 Å². The molecule has 2 aliphatic rings. The highest BCUT2D eigenvalue weighted by Gasteiger charge is 2.38. The average molecular weight is 321 g/mol. The lowest BCUT2D eigenvalue weighted by atomic mass is 9.77. The Morgan fingerprint density at radius 1 is 1.13 bits per heavy atom. The highest BCUT2D eigenvalue weighted by molar-refractivity contribution is 5.88. The standard InChI is InChI=1S/C18H31N3O2/c1-3-9-19-17(22)15-7-5-6-8-16(15)18(23)21-13-11-20(10-4-2)12-14-21/h3,15-16H,1,4-14H2,2H3,(H,19,22)/t15-,16+/m0/s1. The number of carbonyl (C=O) groups is 2. The fraction of sp³-hybridized carbons (Fsp3) is 0.778. The molecule has 2 fully saturated rings. The third-order valence-corrected chi connectivity index (χ3v) is 5.06. The first kappa shape index (κ1) is 18.0. The molecule has 1 saturated carbocycles. The van der Waals surface area contributed by atoms with Gasteiger partial charge in [-0.1, -0.05) is 25.8 Å². The van der Waals surface area contributed by atoms with Gasteiger partial charge in [0.1, 0.15) is 0 Å². The van der Waals surface area contributed by atoms with E-state index in [1.54, 1.807) is 6.08 Å². The third-order valence-electron chi connectivity index (χ3n) is 5.06. The summed E-state index contributed by atoms with van der Waals surface area (Å²) in [5.74, 6) is -0.0802. The van der Waals surface area contributed by atoms with E-state index in [1.807, 2.05) is 4.90 Å². The molecule has 2 amide bonds. The maximum Gasteiger partial charge on any atom is 0.226 e. The molecule has 2 atom stereocenters. The predicted octanol–water partition coefficient (Wildman–Crippen LogP) is 1.65. The fourth-order valence-electron chi connectivity index (χ4n) is 3.79. The van der Waals surface area contributed by atoms with Gasteiger partial charge in [0, 0.05) is 44.6 Å². The Kier molecular flexibility index (Phi) is 7.09. The van der Waals surface area contributed by atoms with E-state index >= 15 is 0 Å². The quantitative estimate of drug-likeness (QED) is 0.757. The molecule has 1 heterocycles. The zero-order valence-corrected chi connectivity index (χ0v) is 14.4. The van der Waals surface area contributed by atoms with Gasteiger partial charge < -0.3 is 10.2 Å². The van der Waals surface area contributed by atoms with Crippen molar-refractivity contribution in [2.24, 2.45) is 11.8 Å². The molecule has 5 heteroatoms. The summed E-state index contributed by atoms with van der Waals surface area (Å²) in [6, 6.07) is 0. The molecular weight excluding hydrogens is 290 g/mol. The summed E-state index contributed by atoms with van der Waals surface area (Å²) in [4.78, 5) is 29.7. The van der Waals surface area contributed by atoms with Crippen molar-refractivity contribution < 1.29 is 9.59 Å². The number of piperazine rings is 1. The monoisotopic (exact) mass is 321 g/mol. The normalized spacial score (nSPS) is 25.9. The molecule has 23 heavy (non-hydrogen) atoms. The fourth-order valence-corrected chi connectivity index (χ4v) is 3.79. The van der Waals surface area contributed by atoms with Crippen LogP contribution in [0, 0.1) is 11.8 Å². The van der Waals surface area contributed by atoms with Gasteiger partial charge in [-0.2, -0.15) is 0 Å². The largest absolute Gasteiger partial charge is 0.352 e. The van der Waals surface area contributed by atoms with E-state index in [0.717, 1.165) is 64.8 Å². The summed E-state index contributed by atoms with van der Waals surface area (Å²) in [7, 11) is 0. The Hall–Kier alpha value is -1.36. The molecule has 0 bridgehead atoms. The lowest BCUT2D eigenvalue weighted by molar-refractivity contribution is -0.145. The van der Waals surface area contributed by atoms with Crippen molar-refractivity contribution in [3.63, 3.8) is 0 Å². The van der Waals surface area contributed by atoms with Crippen LogP contribution >= 0.6 is 0 Å². The van der Waals surface area contributed by atoms with Gasteiger partial charge in [-0.05, 0) is 25.8 Å². The van der Waals surface area contributed by atoms with Gasteiger partial charge in [0.25, 0.3) is 0 Å². The first-order valence-corrected chi connectivity index (χ1v) is 9.07. The lowest BCUT2D eigenvalue weighted by Gasteiger charge is -2.38. The number of hydrogen-bond donors (Lipinski definition) is 1. The number of amides is 2. The first-order valence-electron chi connectivity index (χ1n) is 9.07. The molecular formula is C18H31N3O2. The van der Waals surface area contributed by atoms with Crippen LogP contribution in [-0.2, 0) is 9.59 Å². The van der Waals surface area contributed by atoms with Crippen LogP contribution in [0.15, 0.2) is 12.7 Å². The van der Waals surface area contributed by atoms with Gasteiger partial charge in [0.2, 0.25) is 11.8 Å². The summed E-state index contributed by atoms with van der Waals surface area (Å²) in [6.45, 7) is 10.9. The summed E-state index contributed by atoms with van der Waals surface area (Å²) in [6.07, 6.45) is 6.61. The van der Waals surface area contributed by atoms with E-state index in [2.05, 4.69) is 23.7 Å². The number of carbonyl (C=O) groups excluding carboxylic acids is 2. The molecule has 0 radical (unpaired) electrons. The van der Waals surface area contributed by atoms with Crippen molar-refractivity contribution in [2.75, 3.05) is 39.3 Å². The SMILES string of the molecule is C=CCNC(=O)[C@H]1CCCC[C@H]1C(=O)N1CCN(CCC)CC1. The van der Waals surface area contributed by atoms with Crippen molar-refractivity contribution >= 4 is 11.8 Å². The molecule has 1 N–H and O–H groups in total. The predicted molar refractivity (Wildman–Crippen MR) is 92.0 cm³/mol. The van der Waals surface area contributed by atoms with E-state index in [9.17, 15) is 9.59 Å². The molecule has 130 valence electrons. The number of rotatable bonds is 6. The van der Waals surface area contributed by atoms with Gasteiger partial charge >= 0.3 is 0 Å². The van der Waals surface area contributed by atoms with Gasteiger partial charge in [0.15, 0.2) is 0 Å². The van der Waals surface area contributed by atoms with Crippen LogP contribution < -0.4 is 5.32 Å². The van der Waals surface area contributed by atoms with Crippen LogP contribution in [0.2, 0.25) is 0 Å². The van der Waals surface area contributed by atoms with Crippen LogP contribution in [0.25, 0.3) is 0 Å². The topological polar surface area (TPSA) is 52.7 Å². The van der Waals surface area contributed by atoms with Crippen LogP contribution in [0.3, 0.4) is 0 Å². The average Bonchev–Trinajstić information content (AvgIpc) is 2.60. The summed E-state index contributed by atoms with van der Waals surface area (Å²) >= 11 is 0. The van der Waals surface area contributed by atoms with Crippen LogP contribution in [0.5, 0.6) is 0 Å². The minimum absolute atomic E-state index is 0.0209. The van der Waals surface area contributed by atoms with Crippen LogP contribution in [-0.4, -0.2) is 60.9 Å². The molecule has 0 aromatic heterocycles. The Bertz CT molecular complexity index is 416. The van der Waals surface area contributed by atoms with Crippen LogP contribution in [0.4, 0.5) is 0 Å². The molecule has 2 rings (SSSR count). The van der Waals surface area contributed by atoms with Crippen molar-refractivity contribution in [3.05, 3.63) is 12.7 Å². The molecule has 1 aliphatic heterocycles. The summed E-state index contributed by atoms with van der Waals surface area (Å²) in [5, 5.41) is 2.88. The minimum atomic E-state index is -0.162. The maximum atomic E-state index is 12.9. The molecule has 0 aromatic carbocycles. The van der Waals surface area contributed by atoms with Crippen molar-refractivity contribution in [1.29, 1.82) is 0 Å². The maximum absolute atomic E-state index is 12.9. The Morgan fingerprint density at radius 2 is 1.78 bits per heavy atom. The minimum Gasteiger partial charge on any atom is -0.352 e. The highest BCUT2D eigenvalue weighted by atomic mass is 16.2. The van der Waals surface area contributed by atoms with Gasteiger partial charge in [0.05, 0.1) is 0 Å². The third kappa shape index (κ3) is 4.80.